The fourth-order valence-electron chi connectivity index (χ4n) is 3.38. The average Bonchev–Trinajstić information content (AvgIpc) is 3.14. The van der Waals surface area contributed by atoms with E-state index in [0.29, 0.717) is 0 Å². The SMILES string of the molecule is Brc1cnc(N2CCCC2c2nc3c([nH]2)CCCC3)nc1. The first-order valence-electron chi connectivity index (χ1n) is 7.63. The van der Waals surface area contributed by atoms with E-state index in [2.05, 4.69) is 35.8 Å². The van der Waals surface area contributed by atoms with Crippen molar-refractivity contribution in [3.05, 3.63) is 34.1 Å². The van der Waals surface area contributed by atoms with Crippen LogP contribution in [0, 0.1) is 0 Å². The molecule has 0 saturated carbocycles. The van der Waals surface area contributed by atoms with Crippen molar-refractivity contribution in [3.63, 3.8) is 0 Å². The summed E-state index contributed by atoms with van der Waals surface area (Å²) >= 11 is 3.39. The predicted molar refractivity (Wildman–Crippen MR) is 84.3 cm³/mol. The number of H-pyrrole nitrogens is 1. The molecule has 1 aliphatic carbocycles. The van der Waals surface area contributed by atoms with Crippen molar-refractivity contribution in [2.24, 2.45) is 0 Å². The zero-order chi connectivity index (χ0) is 14.2. The Morgan fingerprint density at radius 1 is 1.14 bits per heavy atom. The molecule has 2 aromatic rings. The minimum Gasteiger partial charge on any atom is -0.344 e. The van der Waals surface area contributed by atoms with Crippen LogP contribution >= 0.6 is 15.9 Å². The Hall–Kier alpha value is -1.43. The molecule has 5 nitrogen and oxygen atoms in total. The van der Waals surface area contributed by atoms with Crippen LogP contribution in [-0.4, -0.2) is 26.5 Å². The van der Waals surface area contributed by atoms with E-state index < -0.39 is 0 Å². The number of halogens is 1. The van der Waals surface area contributed by atoms with Crippen LogP contribution in [0.5, 0.6) is 0 Å². The molecule has 21 heavy (non-hydrogen) atoms. The maximum atomic E-state index is 4.86. The van der Waals surface area contributed by atoms with E-state index in [1.165, 1.54) is 24.2 Å². The number of imidazole rings is 1. The normalized spacial score (nSPS) is 21.6. The highest BCUT2D eigenvalue weighted by atomic mass is 79.9. The second-order valence-electron chi connectivity index (χ2n) is 5.81. The van der Waals surface area contributed by atoms with Crippen molar-refractivity contribution in [1.29, 1.82) is 0 Å². The van der Waals surface area contributed by atoms with Gasteiger partial charge in [-0.3, -0.25) is 0 Å². The van der Waals surface area contributed by atoms with E-state index in [1.54, 1.807) is 0 Å². The zero-order valence-electron chi connectivity index (χ0n) is 11.8. The van der Waals surface area contributed by atoms with Crippen LogP contribution in [0.4, 0.5) is 5.95 Å². The number of nitrogens with one attached hydrogen (secondary N) is 1. The lowest BCUT2D eigenvalue weighted by atomic mass is 10.0. The summed E-state index contributed by atoms with van der Waals surface area (Å²) in [5.41, 5.74) is 2.62. The molecule has 1 unspecified atom stereocenters. The second-order valence-corrected chi connectivity index (χ2v) is 6.72. The number of rotatable bonds is 2. The fourth-order valence-corrected chi connectivity index (χ4v) is 3.58. The number of fused-ring (bicyclic) bond motifs is 1. The summed E-state index contributed by atoms with van der Waals surface area (Å²) < 4.78 is 0.912. The van der Waals surface area contributed by atoms with E-state index in [1.807, 2.05) is 12.4 Å². The first-order chi connectivity index (χ1) is 10.3. The first kappa shape index (κ1) is 13.2. The summed E-state index contributed by atoms with van der Waals surface area (Å²) in [5, 5.41) is 0. The van der Waals surface area contributed by atoms with Gasteiger partial charge in [0.2, 0.25) is 5.95 Å². The third kappa shape index (κ3) is 2.46. The lowest BCUT2D eigenvalue weighted by Crippen LogP contribution is -2.25. The Morgan fingerprint density at radius 3 is 2.76 bits per heavy atom. The Kier molecular flexibility index (Phi) is 3.41. The largest absolute Gasteiger partial charge is 0.344 e. The molecule has 6 heteroatoms. The average molecular weight is 348 g/mol. The minimum absolute atomic E-state index is 0.289. The van der Waals surface area contributed by atoms with E-state index in [9.17, 15) is 0 Å². The second kappa shape index (κ2) is 5.40. The van der Waals surface area contributed by atoms with Gasteiger partial charge in [0.1, 0.15) is 5.82 Å². The molecule has 0 bridgehead atoms. The van der Waals surface area contributed by atoms with Gasteiger partial charge in [0.15, 0.2) is 0 Å². The van der Waals surface area contributed by atoms with Gasteiger partial charge < -0.3 is 9.88 Å². The molecule has 1 N–H and O–H groups in total. The molecule has 1 aliphatic heterocycles. The summed E-state index contributed by atoms with van der Waals surface area (Å²) in [6.45, 7) is 0.998. The summed E-state index contributed by atoms with van der Waals surface area (Å²) in [7, 11) is 0. The molecule has 1 fully saturated rings. The van der Waals surface area contributed by atoms with E-state index in [0.717, 1.165) is 48.5 Å². The van der Waals surface area contributed by atoms with Crippen molar-refractivity contribution in [1.82, 2.24) is 19.9 Å². The van der Waals surface area contributed by atoms with E-state index in [-0.39, 0.29) is 6.04 Å². The van der Waals surface area contributed by atoms with Gasteiger partial charge in [-0.05, 0) is 54.5 Å². The van der Waals surface area contributed by atoms with Crippen LogP contribution in [0.3, 0.4) is 0 Å². The van der Waals surface area contributed by atoms with Gasteiger partial charge >= 0.3 is 0 Å². The van der Waals surface area contributed by atoms with Crippen LogP contribution in [0.1, 0.15) is 48.9 Å². The molecule has 1 saturated heterocycles. The number of hydrogen-bond donors (Lipinski definition) is 1. The third-order valence-corrected chi connectivity index (χ3v) is 4.81. The van der Waals surface area contributed by atoms with Crippen LogP contribution in [0.15, 0.2) is 16.9 Å². The van der Waals surface area contributed by atoms with Crippen molar-refractivity contribution in [3.8, 4) is 0 Å². The molecule has 0 spiro atoms. The molecule has 110 valence electrons. The lowest BCUT2D eigenvalue weighted by molar-refractivity contribution is 0.660. The van der Waals surface area contributed by atoms with Gasteiger partial charge in [-0.1, -0.05) is 0 Å². The van der Waals surface area contributed by atoms with Gasteiger partial charge in [-0.25, -0.2) is 15.0 Å². The predicted octanol–water partition coefficient (Wildman–Crippen LogP) is 3.18. The highest BCUT2D eigenvalue weighted by Crippen LogP contribution is 2.34. The molecular weight excluding hydrogens is 330 g/mol. The number of aromatic amines is 1. The number of anilines is 1. The number of aromatic nitrogens is 4. The lowest BCUT2D eigenvalue weighted by Gasteiger charge is -2.22. The zero-order valence-corrected chi connectivity index (χ0v) is 13.4. The van der Waals surface area contributed by atoms with Crippen LogP contribution in [0.2, 0.25) is 0 Å². The van der Waals surface area contributed by atoms with E-state index >= 15 is 0 Å². The van der Waals surface area contributed by atoms with Crippen LogP contribution < -0.4 is 4.90 Å². The third-order valence-electron chi connectivity index (χ3n) is 4.41. The van der Waals surface area contributed by atoms with E-state index in [4.69, 9.17) is 4.98 Å². The van der Waals surface area contributed by atoms with Gasteiger partial charge in [0.05, 0.1) is 16.2 Å². The van der Waals surface area contributed by atoms with Gasteiger partial charge in [0, 0.05) is 24.6 Å². The van der Waals surface area contributed by atoms with Gasteiger partial charge in [0.25, 0.3) is 0 Å². The molecule has 4 rings (SSSR count). The quantitative estimate of drug-likeness (QED) is 0.906. The molecule has 2 aromatic heterocycles. The molecule has 0 radical (unpaired) electrons. The summed E-state index contributed by atoms with van der Waals surface area (Å²) in [6, 6.07) is 0.289. The molecule has 3 heterocycles. The molecular formula is C15H18BrN5. The van der Waals surface area contributed by atoms with Crippen LogP contribution in [-0.2, 0) is 12.8 Å². The number of hydrogen-bond acceptors (Lipinski definition) is 4. The summed E-state index contributed by atoms with van der Waals surface area (Å²) in [6.07, 6.45) is 10.7. The Bertz CT molecular complexity index is 613. The van der Waals surface area contributed by atoms with Crippen molar-refractivity contribution in [2.75, 3.05) is 11.4 Å². The van der Waals surface area contributed by atoms with Crippen molar-refractivity contribution < 1.29 is 0 Å². The topological polar surface area (TPSA) is 57.7 Å². The first-order valence-corrected chi connectivity index (χ1v) is 8.42. The van der Waals surface area contributed by atoms with Crippen LogP contribution in [0.25, 0.3) is 0 Å². The van der Waals surface area contributed by atoms with Gasteiger partial charge in [-0.2, -0.15) is 0 Å². The molecule has 0 amide bonds. The molecule has 1 atom stereocenters. The smallest absolute Gasteiger partial charge is 0.225 e. The monoisotopic (exact) mass is 347 g/mol. The Balaban J connectivity index is 1.64. The maximum absolute atomic E-state index is 4.86. The minimum atomic E-state index is 0.289. The number of nitrogens with zero attached hydrogens (tertiary/aromatic N) is 4. The maximum Gasteiger partial charge on any atom is 0.225 e. The van der Waals surface area contributed by atoms with Crippen molar-refractivity contribution >= 4 is 21.9 Å². The fraction of sp³-hybridized carbons (Fsp3) is 0.533. The summed E-state index contributed by atoms with van der Waals surface area (Å²) in [5.74, 6) is 1.90. The van der Waals surface area contributed by atoms with Crippen molar-refractivity contribution in [2.45, 2.75) is 44.6 Å². The molecule has 0 aromatic carbocycles. The molecule has 2 aliphatic rings. The number of aryl methyl sites for hydroxylation is 2. The standard InChI is InChI=1S/C15H18BrN5/c16-10-8-17-15(18-9-10)21-7-3-6-13(21)14-19-11-4-1-2-5-12(11)20-14/h8-9,13H,1-7H2,(H,19,20). The summed E-state index contributed by atoms with van der Waals surface area (Å²) in [4.78, 5) is 19.6. The highest BCUT2D eigenvalue weighted by Gasteiger charge is 2.31. The highest BCUT2D eigenvalue weighted by molar-refractivity contribution is 9.10. The Morgan fingerprint density at radius 2 is 1.95 bits per heavy atom. The Labute approximate surface area is 132 Å². The van der Waals surface area contributed by atoms with Gasteiger partial charge in [-0.15, -0.1) is 0 Å².